The number of hydrogen-bond acceptors (Lipinski definition) is 3. The molecule has 2 aromatic rings. The van der Waals surface area contributed by atoms with E-state index in [2.05, 4.69) is 43.0 Å². The van der Waals surface area contributed by atoms with Gasteiger partial charge in [-0.2, -0.15) is 0 Å². The van der Waals surface area contributed by atoms with E-state index in [0.717, 1.165) is 23.3 Å². The third-order valence-electron chi connectivity index (χ3n) is 4.69. The van der Waals surface area contributed by atoms with Gasteiger partial charge in [0.15, 0.2) is 0 Å². The van der Waals surface area contributed by atoms with Gasteiger partial charge in [-0.3, -0.25) is 0 Å². The number of hydrogen-bond donors (Lipinski definition) is 0. The summed E-state index contributed by atoms with van der Waals surface area (Å²) in [7, 11) is 0. The molecule has 0 spiro atoms. The minimum absolute atomic E-state index is 0.366. The van der Waals surface area contributed by atoms with Crippen LogP contribution in [0.5, 0.6) is 5.75 Å². The Labute approximate surface area is 172 Å². The summed E-state index contributed by atoms with van der Waals surface area (Å²) >= 11 is 0. The van der Waals surface area contributed by atoms with Crippen molar-refractivity contribution in [2.45, 2.75) is 26.7 Å². The smallest absolute Gasteiger partial charge is 0.338 e. The maximum atomic E-state index is 11.6. The average molecular weight is 386 g/mol. The molecular formula is C26H26O3. The van der Waals surface area contributed by atoms with Crippen molar-refractivity contribution in [2.75, 3.05) is 6.61 Å². The molecule has 0 fully saturated rings. The fourth-order valence-electron chi connectivity index (χ4n) is 3.03. The molecule has 148 valence electrons. The molecule has 29 heavy (non-hydrogen) atoms. The van der Waals surface area contributed by atoms with Gasteiger partial charge in [-0.05, 0) is 60.7 Å². The van der Waals surface area contributed by atoms with E-state index in [0.29, 0.717) is 24.4 Å². The minimum Gasteiger partial charge on any atom is -0.490 e. The minimum atomic E-state index is -0.366. The molecule has 0 amide bonds. The van der Waals surface area contributed by atoms with Crippen molar-refractivity contribution in [2.24, 2.45) is 0 Å². The molecule has 0 atom stereocenters. The normalized spacial score (nSPS) is 13.6. The highest BCUT2D eigenvalue weighted by atomic mass is 16.5. The lowest BCUT2D eigenvalue weighted by atomic mass is 9.94. The average Bonchev–Trinajstić information content (AvgIpc) is 2.75. The number of carbonyl (C=O) groups excluding carboxylic acids is 1. The SMILES string of the molecule is C=C(C)C(=O)OC1=CC=C(c2ccc(-c3cccc(OC/C=C/C)c3)cc2)CC1. The summed E-state index contributed by atoms with van der Waals surface area (Å²) in [6.07, 6.45) is 9.40. The second-order valence-electron chi connectivity index (χ2n) is 6.98. The van der Waals surface area contributed by atoms with Crippen LogP contribution in [0.15, 0.2) is 90.7 Å². The van der Waals surface area contributed by atoms with Gasteiger partial charge in [0.05, 0.1) is 0 Å². The first-order valence-corrected chi connectivity index (χ1v) is 9.79. The molecule has 0 radical (unpaired) electrons. The van der Waals surface area contributed by atoms with Gasteiger partial charge in [-0.15, -0.1) is 0 Å². The zero-order valence-electron chi connectivity index (χ0n) is 17.0. The fraction of sp³-hybridized carbons (Fsp3) is 0.192. The van der Waals surface area contributed by atoms with Crippen LogP contribution in [-0.2, 0) is 9.53 Å². The van der Waals surface area contributed by atoms with Gasteiger partial charge in [-0.1, -0.05) is 61.2 Å². The molecule has 0 heterocycles. The quantitative estimate of drug-likeness (QED) is 0.310. The monoisotopic (exact) mass is 386 g/mol. The Morgan fingerprint density at radius 1 is 1.03 bits per heavy atom. The standard InChI is InChI=1S/C26H26O3/c1-4-5-17-28-25-8-6-7-23(18-25)22-11-9-20(10-12-22)21-13-15-24(16-14-21)29-26(27)19(2)3/h4-13,15,18H,2,14,16-17H2,1,3H3/b5-4+. The maximum Gasteiger partial charge on any atom is 0.338 e. The molecule has 0 aliphatic heterocycles. The van der Waals surface area contributed by atoms with E-state index in [1.54, 1.807) is 6.92 Å². The van der Waals surface area contributed by atoms with Crippen molar-refractivity contribution >= 4 is 11.5 Å². The highest BCUT2D eigenvalue weighted by Gasteiger charge is 2.13. The molecular weight excluding hydrogens is 360 g/mol. The lowest BCUT2D eigenvalue weighted by Crippen LogP contribution is -2.06. The molecule has 1 aliphatic carbocycles. The van der Waals surface area contributed by atoms with Gasteiger partial charge >= 0.3 is 5.97 Å². The van der Waals surface area contributed by atoms with Crippen LogP contribution in [0.25, 0.3) is 16.7 Å². The van der Waals surface area contributed by atoms with Crippen LogP contribution in [0, 0.1) is 0 Å². The number of rotatable bonds is 7. The summed E-state index contributed by atoms with van der Waals surface area (Å²) in [5.74, 6) is 1.18. The van der Waals surface area contributed by atoms with Crippen molar-refractivity contribution in [3.8, 4) is 16.9 Å². The van der Waals surface area contributed by atoms with Gasteiger partial charge in [0.1, 0.15) is 18.1 Å². The summed E-state index contributed by atoms with van der Waals surface area (Å²) in [6, 6.07) is 16.6. The molecule has 0 unspecified atom stereocenters. The van der Waals surface area contributed by atoms with Crippen LogP contribution in [0.3, 0.4) is 0 Å². The lowest BCUT2D eigenvalue weighted by Gasteiger charge is -2.15. The Morgan fingerprint density at radius 3 is 2.45 bits per heavy atom. The summed E-state index contributed by atoms with van der Waals surface area (Å²) in [5.41, 5.74) is 5.09. The van der Waals surface area contributed by atoms with E-state index >= 15 is 0 Å². The summed E-state index contributed by atoms with van der Waals surface area (Å²) in [6.45, 7) is 7.82. The zero-order valence-corrected chi connectivity index (χ0v) is 17.0. The Hall–Kier alpha value is -3.33. The van der Waals surface area contributed by atoms with E-state index in [1.165, 1.54) is 11.1 Å². The number of ether oxygens (including phenoxy) is 2. The summed E-state index contributed by atoms with van der Waals surface area (Å²) < 4.78 is 11.1. The van der Waals surface area contributed by atoms with Crippen molar-refractivity contribution in [3.63, 3.8) is 0 Å². The first-order valence-electron chi connectivity index (χ1n) is 9.79. The Morgan fingerprint density at radius 2 is 1.79 bits per heavy atom. The highest BCUT2D eigenvalue weighted by Crippen LogP contribution is 2.30. The first-order chi connectivity index (χ1) is 14.1. The number of benzene rings is 2. The van der Waals surface area contributed by atoms with E-state index in [9.17, 15) is 4.79 Å². The molecule has 1 aliphatic rings. The third kappa shape index (κ3) is 5.58. The molecule has 0 aromatic heterocycles. The summed E-state index contributed by atoms with van der Waals surface area (Å²) in [5, 5.41) is 0. The number of allylic oxidation sites excluding steroid dienone is 5. The number of esters is 1. The van der Waals surface area contributed by atoms with Crippen LogP contribution >= 0.6 is 0 Å². The van der Waals surface area contributed by atoms with Gasteiger partial charge in [0, 0.05) is 12.0 Å². The molecule has 3 rings (SSSR count). The van der Waals surface area contributed by atoms with E-state index in [-0.39, 0.29) is 5.97 Å². The maximum absolute atomic E-state index is 11.6. The molecule has 0 bridgehead atoms. The lowest BCUT2D eigenvalue weighted by molar-refractivity contribution is -0.135. The second kappa shape index (κ2) is 9.74. The van der Waals surface area contributed by atoms with Gasteiger partial charge in [-0.25, -0.2) is 4.79 Å². The van der Waals surface area contributed by atoms with Gasteiger partial charge in [0.2, 0.25) is 0 Å². The van der Waals surface area contributed by atoms with Crippen LogP contribution in [0.2, 0.25) is 0 Å². The molecule has 2 aromatic carbocycles. The van der Waals surface area contributed by atoms with Crippen LogP contribution in [0.4, 0.5) is 0 Å². The molecule has 3 nitrogen and oxygen atoms in total. The largest absolute Gasteiger partial charge is 0.490 e. The van der Waals surface area contributed by atoms with E-state index in [4.69, 9.17) is 9.47 Å². The van der Waals surface area contributed by atoms with Gasteiger partial charge in [0.25, 0.3) is 0 Å². The van der Waals surface area contributed by atoms with Gasteiger partial charge < -0.3 is 9.47 Å². The Kier molecular flexibility index (Phi) is 6.85. The van der Waals surface area contributed by atoms with Crippen molar-refractivity contribution in [1.82, 2.24) is 0 Å². The molecule has 0 saturated carbocycles. The van der Waals surface area contributed by atoms with Crippen molar-refractivity contribution < 1.29 is 14.3 Å². The second-order valence-corrected chi connectivity index (χ2v) is 6.98. The van der Waals surface area contributed by atoms with Crippen molar-refractivity contribution in [3.05, 3.63) is 96.3 Å². The third-order valence-corrected chi connectivity index (χ3v) is 4.69. The first kappa shape index (κ1) is 20.4. The summed E-state index contributed by atoms with van der Waals surface area (Å²) in [4.78, 5) is 11.6. The molecule has 0 N–H and O–H groups in total. The highest BCUT2D eigenvalue weighted by molar-refractivity contribution is 5.87. The van der Waals surface area contributed by atoms with E-state index in [1.807, 2.05) is 43.4 Å². The Bertz CT molecular complexity index is 975. The number of carbonyl (C=O) groups is 1. The van der Waals surface area contributed by atoms with Crippen LogP contribution in [0.1, 0.15) is 32.3 Å². The zero-order chi connectivity index (χ0) is 20.6. The fourth-order valence-corrected chi connectivity index (χ4v) is 3.03. The topological polar surface area (TPSA) is 35.5 Å². The molecule has 3 heteroatoms. The Balaban J connectivity index is 1.70. The van der Waals surface area contributed by atoms with E-state index < -0.39 is 0 Å². The van der Waals surface area contributed by atoms with Crippen LogP contribution in [-0.4, -0.2) is 12.6 Å². The predicted molar refractivity (Wildman–Crippen MR) is 118 cm³/mol. The predicted octanol–water partition coefficient (Wildman–Crippen LogP) is 6.49. The molecule has 0 saturated heterocycles. The van der Waals surface area contributed by atoms with Crippen molar-refractivity contribution in [1.29, 1.82) is 0 Å². The van der Waals surface area contributed by atoms with Crippen LogP contribution < -0.4 is 4.74 Å².